The van der Waals surface area contributed by atoms with Crippen LogP contribution in [-0.4, -0.2) is 14.7 Å². The van der Waals surface area contributed by atoms with Crippen LogP contribution in [0.25, 0.3) is 10.8 Å². The van der Waals surface area contributed by atoms with E-state index in [9.17, 15) is 8.42 Å². The van der Waals surface area contributed by atoms with E-state index in [0.717, 1.165) is 11.1 Å². The molecule has 0 aliphatic rings. The van der Waals surface area contributed by atoms with Gasteiger partial charge in [0.25, 0.3) is 0 Å². The third-order valence-corrected chi connectivity index (χ3v) is 5.10. The molecule has 0 atom stereocenters. The summed E-state index contributed by atoms with van der Waals surface area (Å²) >= 11 is 0. The lowest BCUT2D eigenvalue weighted by Gasteiger charge is -2.07. The minimum atomic E-state index is -3.20. The number of nitrogens with zero attached hydrogens (tertiary/aromatic N) is 2. The van der Waals surface area contributed by atoms with Gasteiger partial charge in [-0.05, 0) is 60.7 Å². The Morgan fingerprint density at radius 1 is 0.792 bits per heavy atom. The summed E-state index contributed by atoms with van der Waals surface area (Å²) in [5.41, 5.74) is 3.83. The van der Waals surface area contributed by atoms with Crippen molar-refractivity contribution in [1.82, 2.24) is 0 Å². The maximum Gasteiger partial charge on any atom is 0.175 e. The highest BCUT2D eigenvalue weighted by molar-refractivity contribution is 7.90. The summed E-state index contributed by atoms with van der Waals surface area (Å²) in [5.74, 6) is 0. The smallest absolute Gasteiger partial charge is 0.175 e. The molecule has 0 spiro atoms. The summed E-state index contributed by atoms with van der Waals surface area (Å²) in [5, 5.41) is 10.9. The maximum absolute atomic E-state index is 11.5. The van der Waals surface area contributed by atoms with E-state index in [1.165, 1.54) is 22.8 Å². The first kappa shape index (κ1) is 16.3. The van der Waals surface area contributed by atoms with Crippen molar-refractivity contribution in [3.05, 3.63) is 65.7 Å². The van der Waals surface area contributed by atoms with Crippen molar-refractivity contribution in [1.29, 1.82) is 0 Å². The van der Waals surface area contributed by atoms with E-state index in [4.69, 9.17) is 0 Å². The van der Waals surface area contributed by atoms with Crippen LogP contribution in [0.1, 0.15) is 11.1 Å². The van der Waals surface area contributed by atoms with Gasteiger partial charge in [0.1, 0.15) is 0 Å². The first-order valence-electron chi connectivity index (χ1n) is 7.57. The predicted octanol–water partition coefficient (Wildman–Crippen LogP) is 5.28. The van der Waals surface area contributed by atoms with Gasteiger partial charge in [-0.1, -0.05) is 24.3 Å². The van der Waals surface area contributed by atoms with E-state index in [2.05, 4.69) is 30.1 Å². The zero-order chi connectivity index (χ0) is 17.3. The van der Waals surface area contributed by atoms with Crippen molar-refractivity contribution in [2.75, 3.05) is 6.26 Å². The minimum absolute atomic E-state index is 0.276. The quantitative estimate of drug-likeness (QED) is 0.610. The van der Waals surface area contributed by atoms with Crippen LogP contribution in [-0.2, 0) is 9.84 Å². The SMILES string of the molecule is Cc1cccc2c(N=Nc3ccc(S(C)(=O)=O)cc3)ccc(C)c12. The van der Waals surface area contributed by atoms with Crippen LogP contribution in [0.2, 0.25) is 0 Å². The molecule has 3 aromatic carbocycles. The van der Waals surface area contributed by atoms with Gasteiger partial charge >= 0.3 is 0 Å². The Morgan fingerprint density at radius 3 is 2.12 bits per heavy atom. The average Bonchev–Trinajstić information content (AvgIpc) is 2.54. The lowest BCUT2D eigenvalue weighted by Crippen LogP contribution is -1.95. The van der Waals surface area contributed by atoms with E-state index in [-0.39, 0.29) is 4.90 Å². The van der Waals surface area contributed by atoms with Crippen molar-refractivity contribution >= 4 is 32.0 Å². The first-order valence-corrected chi connectivity index (χ1v) is 9.46. The van der Waals surface area contributed by atoms with Gasteiger partial charge in [0.05, 0.1) is 16.3 Å². The number of azo groups is 1. The molecule has 0 radical (unpaired) electrons. The standard InChI is InChI=1S/C19H18N2O2S/c1-13-5-4-6-17-18(12-7-14(2)19(13)17)21-20-15-8-10-16(11-9-15)24(3,22)23/h4-12H,1-3H3. The van der Waals surface area contributed by atoms with Gasteiger partial charge in [0.15, 0.2) is 9.84 Å². The monoisotopic (exact) mass is 338 g/mol. The van der Waals surface area contributed by atoms with Gasteiger partial charge < -0.3 is 0 Å². The molecule has 0 N–H and O–H groups in total. The zero-order valence-corrected chi connectivity index (χ0v) is 14.6. The molecule has 24 heavy (non-hydrogen) atoms. The Kier molecular flexibility index (Phi) is 4.20. The molecule has 0 unspecified atom stereocenters. The Balaban J connectivity index is 2.00. The molecule has 0 heterocycles. The molecule has 0 fully saturated rings. The van der Waals surface area contributed by atoms with Crippen LogP contribution in [0, 0.1) is 13.8 Å². The first-order chi connectivity index (χ1) is 11.4. The highest BCUT2D eigenvalue weighted by Gasteiger charge is 2.07. The maximum atomic E-state index is 11.5. The van der Waals surface area contributed by atoms with Crippen LogP contribution in [0.15, 0.2) is 69.7 Å². The lowest BCUT2D eigenvalue weighted by molar-refractivity contribution is 0.602. The number of benzene rings is 3. The van der Waals surface area contributed by atoms with Crippen molar-refractivity contribution in [2.24, 2.45) is 10.2 Å². The van der Waals surface area contributed by atoms with Crippen LogP contribution >= 0.6 is 0 Å². The molecule has 0 aliphatic heterocycles. The molecule has 0 aliphatic carbocycles. The molecule has 3 aromatic rings. The average molecular weight is 338 g/mol. The van der Waals surface area contributed by atoms with E-state index in [1.54, 1.807) is 24.3 Å². The van der Waals surface area contributed by atoms with Gasteiger partial charge in [-0.15, -0.1) is 5.11 Å². The number of aryl methyl sites for hydroxylation is 2. The van der Waals surface area contributed by atoms with E-state index >= 15 is 0 Å². The molecule has 0 amide bonds. The fourth-order valence-corrected chi connectivity index (χ4v) is 3.37. The molecule has 3 rings (SSSR count). The van der Waals surface area contributed by atoms with Crippen molar-refractivity contribution in [2.45, 2.75) is 18.7 Å². The van der Waals surface area contributed by atoms with E-state index in [1.807, 2.05) is 24.3 Å². The van der Waals surface area contributed by atoms with Crippen LogP contribution in [0.5, 0.6) is 0 Å². The largest absolute Gasteiger partial charge is 0.224 e. The summed E-state index contributed by atoms with van der Waals surface area (Å²) in [4.78, 5) is 0.276. The normalized spacial score (nSPS) is 12.1. The topological polar surface area (TPSA) is 58.9 Å². The second-order valence-electron chi connectivity index (χ2n) is 5.87. The molecular weight excluding hydrogens is 320 g/mol. The van der Waals surface area contributed by atoms with Crippen molar-refractivity contribution in [3.63, 3.8) is 0 Å². The van der Waals surface area contributed by atoms with Crippen molar-refractivity contribution < 1.29 is 8.42 Å². The molecule has 0 aromatic heterocycles. The van der Waals surface area contributed by atoms with Gasteiger partial charge in [0.2, 0.25) is 0 Å². The number of rotatable bonds is 3. The Morgan fingerprint density at radius 2 is 1.46 bits per heavy atom. The van der Waals surface area contributed by atoms with Crippen molar-refractivity contribution in [3.8, 4) is 0 Å². The second kappa shape index (κ2) is 6.17. The molecule has 0 saturated heterocycles. The molecule has 0 saturated carbocycles. The summed E-state index contributed by atoms with van der Waals surface area (Å²) < 4.78 is 23.0. The zero-order valence-electron chi connectivity index (χ0n) is 13.8. The van der Waals surface area contributed by atoms with Gasteiger partial charge in [0, 0.05) is 11.6 Å². The van der Waals surface area contributed by atoms with Gasteiger partial charge in [-0.2, -0.15) is 5.11 Å². The third kappa shape index (κ3) is 3.21. The Hall–Kier alpha value is -2.53. The third-order valence-electron chi connectivity index (χ3n) is 3.97. The summed E-state index contributed by atoms with van der Waals surface area (Å²) in [6, 6.07) is 16.5. The number of hydrogen-bond donors (Lipinski definition) is 0. The predicted molar refractivity (Wildman–Crippen MR) is 97.1 cm³/mol. The molecule has 122 valence electrons. The Labute approximate surface area is 141 Å². The molecule has 4 nitrogen and oxygen atoms in total. The summed E-state index contributed by atoms with van der Waals surface area (Å²) in [6.45, 7) is 4.17. The lowest BCUT2D eigenvalue weighted by atomic mass is 10.00. The highest BCUT2D eigenvalue weighted by Crippen LogP contribution is 2.32. The minimum Gasteiger partial charge on any atom is -0.224 e. The fourth-order valence-electron chi connectivity index (χ4n) is 2.74. The number of hydrogen-bond acceptors (Lipinski definition) is 4. The second-order valence-corrected chi connectivity index (χ2v) is 7.88. The number of fused-ring (bicyclic) bond motifs is 1. The fraction of sp³-hybridized carbons (Fsp3) is 0.158. The number of sulfone groups is 1. The summed E-state index contributed by atoms with van der Waals surface area (Å²) in [7, 11) is -3.20. The highest BCUT2D eigenvalue weighted by atomic mass is 32.2. The van der Waals surface area contributed by atoms with Gasteiger partial charge in [-0.3, -0.25) is 0 Å². The van der Waals surface area contributed by atoms with Crippen LogP contribution in [0.4, 0.5) is 11.4 Å². The summed E-state index contributed by atoms with van der Waals surface area (Å²) in [6.07, 6.45) is 1.18. The van der Waals surface area contributed by atoms with Gasteiger partial charge in [-0.25, -0.2) is 8.42 Å². The Bertz CT molecular complexity index is 1030. The molecule has 5 heteroatoms. The van der Waals surface area contributed by atoms with E-state index < -0.39 is 9.84 Å². The van der Waals surface area contributed by atoms with Crippen LogP contribution in [0.3, 0.4) is 0 Å². The van der Waals surface area contributed by atoms with E-state index in [0.29, 0.717) is 5.69 Å². The van der Waals surface area contributed by atoms with Crippen LogP contribution < -0.4 is 0 Å². The molecular formula is C19H18N2O2S. The molecule has 0 bridgehead atoms.